The maximum absolute atomic E-state index is 14.2. The third kappa shape index (κ3) is 2.43. The van der Waals surface area contributed by atoms with Crippen LogP contribution in [0.3, 0.4) is 0 Å². The van der Waals surface area contributed by atoms with Crippen LogP contribution in [0.2, 0.25) is 0 Å². The number of likely N-dealkylation sites (N-methyl/N-ethyl adjacent to an activating group) is 1. The van der Waals surface area contributed by atoms with E-state index in [0.717, 1.165) is 6.42 Å². The third-order valence-corrected chi connectivity index (χ3v) is 6.83. The van der Waals surface area contributed by atoms with Gasteiger partial charge >= 0.3 is 0 Å². The SMILES string of the molecule is CN(C(=O)C1(c2ccccc2F)CCC1)C1CCS(=O)(=O)C1. The number of halogens is 1. The largest absolute Gasteiger partial charge is 0.341 e. The highest BCUT2D eigenvalue weighted by Gasteiger charge is 2.50. The molecule has 1 aliphatic carbocycles. The smallest absolute Gasteiger partial charge is 0.233 e. The van der Waals surface area contributed by atoms with Gasteiger partial charge in [-0.15, -0.1) is 0 Å². The van der Waals surface area contributed by atoms with E-state index in [4.69, 9.17) is 0 Å². The number of carbonyl (C=O) groups is 1. The van der Waals surface area contributed by atoms with E-state index in [9.17, 15) is 17.6 Å². The Bertz CT molecular complexity index is 697. The number of benzene rings is 1. The molecule has 0 N–H and O–H groups in total. The zero-order valence-corrected chi connectivity index (χ0v) is 13.4. The van der Waals surface area contributed by atoms with Gasteiger partial charge in [-0.2, -0.15) is 0 Å². The first-order chi connectivity index (χ1) is 10.4. The van der Waals surface area contributed by atoms with Crippen molar-refractivity contribution >= 4 is 15.7 Å². The van der Waals surface area contributed by atoms with E-state index in [2.05, 4.69) is 0 Å². The molecule has 1 heterocycles. The summed E-state index contributed by atoms with van der Waals surface area (Å²) in [7, 11) is -1.40. The molecule has 1 aliphatic heterocycles. The Labute approximate surface area is 130 Å². The normalized spacial score (nSPS) is 25.5. The standard InChI is InChI=1S/C16H20FNO3S/c1-18(12-7-10-22(20,21)11-12)15(19)16(8-4-9-16)13-5-2-3-6-14(13)17/h2-3,5-6,12H,4,7-11H2,1H3. The van der Waals surface area contributed by atoms with Crippen LogP contribution in [0.4, 0.5) is 4.39 Å². The fourth-order valence-electron chi connectivity index (χ4n) is 3.56. The van der Waals surface area contributed by atoms with Crippen molar-refractivity contribution in [3.05, 3.63) is 35.6 Å². The lowest BCUT2D eigenvalue weighted by Crippen LogP contribution is -2.53. The molecule has 2 fully saturated rings. The van der Waals surface area contributed by atoms with Crippen LogP contribution >= 0.6 is 0 Å². The van der Waals surface area contributed by atoms with Crippen molar-refractivity contribution in [2.75, 3.05) is 18.6 Å². The quantitative estimate of drug-likeness (QED) is 0.853. The minimum Gasteiger partial charge on any atom is -0.341 e. The van der Waals surface area contributed by atoms with E-state index in [0.29, 0.717) is 24.8 Å². The van der Waals surface area contributed by atoms with Crippen molar-refractivity contribution in [3.8, 4) is 0 Å². The Morgan fingerprint density at radius 2 is 2.00 bits per heavy atom. The van der Waals surface area contributed by atoms with Gasteiger partial charge in [-0.1, -0.05) is 24.6 Å². The van der Waals surface area contributed by atoms with Crippen molar-refractivity contribution in [2.45, 2.75) is 37.1 Å². The molecule has 3 rings (SSSR count). The summed E-state index contributed by atoms with van der Waals surface area (Å²) in [5.74, 6) is -0.362. The summed E-state index contributed by atoms with van der Waals surface area (Å²) in [6, 6.07) is 6.12. The Kier molecular flexibility index (Phi) is 3.75. The van der Waals surface area contributed by atoms with Crippen LogP contribution < -0.4 is 0 Å². The van der Waals surface area contributed by atoms with Crippen LogP contribution in [0.1, 0.15) is 31.2 Å². The molecular weight excluding hydrogens is 305 g/mol. The molecule has 1 unspecified atom stereocenters. The van der Waals surface area contributed by atoms with Gasteiger partial charge in [0.25, 0.3) is 0 Å². The van der Waals surface area contributed by atoms with Gasteiger partial charge in [0, 0.05) is 18.7 Å². The lowest BCUT2D eigenvalue weighted by Gasteiger charge is -2.44. The first kappa shape index (κ1) is 15.5. The third-order valence-electron chi connectivity index (χ3n) is 5.08. The van der Waals surface area contributed by atoms with E-state index >= 15 is 0 Å². The minimum atomic E-state index is -3.05. The number of hydrogen-bond donors (Lipinski definition) is 0. The lowest BCUT2D eigenvalue weighted by atomic mass is 9.63. The number of hydrogen-bond acceptors (Lipinski definition) is 3. The Balaban J connectivity index is 1.88. The van der Waals surface area contributed by atoms with Gasteiger partial charge in [-0.25, -0.2) is 12.8 Å². The summed E-state index contributed by atoms with van der Waals surface area (Å²) in [5, 5.41) is 0. The molecule has 4 nitrogen and oxygen atoms in total. The van der Waals surface area contributed by atoms with Gasteiger partial charge in [0.2, 0.25) is 5.91 Å². The van der Waals surface area contributed by atoms with E-state index in [1.54, 1.807) is 25.2 Å². The summed E-state index contributed by atoms with van der Waals surface area (Å²) in [6.07, 6.45) is 2.60. The minimum absolute atomic E-state index is 0.0165. The molecule has 6 heteroatoms. The van der Waals surface area contributed by atoms with E-state index in [1.165, 1.54) is 11.0 Å². The van der Waals surface area contributed by atoms with Gasteiger partial charge in [-0.3, -0.25) is 4.79 Å². The van der Waals surface area contributed by atoms with Crippen LogP contribution in [-0.2, 0) is 20.0 Å². The molecule has 0 bridgehead atoms. The molecule has 1 saturated heterocycles. The molecule has 120 valence electrons. The highest BCUT2D eigenvalue weighted by molar-refractivity contribution is 7.91. The topological polar surface area (TPSA) is 54.5 Å². The molecule has 2 aliphatic rings. The molecule has 1 aromatic carbocycles. The fraction of sp³-hybridized carbons (Fsp3) is 0.562. The first-order valence-corrected chi connectivity index (χ1v) is 9.41. The number of rotatable bonds is 3. The molecule has 1 saturated carbocycles. The summed E-state index contributed by atoms with van der Waals surface area (Å²) < 4.78 is 37.4. The summed E-state index contributed by atoms with van der Waals surface area (Å²) in [5.41, 5.74) is -0.370. The van der Waals surface area contributed by atoms with Crippen LogP contribution in [0.15, 0.2) is 24.3 Å². The number of carbonyl (C=O) groups excluding carboxylic acids is 1. The van der Waals surface area contributed by atoms with Crippen molar-refractivity contribution in [1.29, 1.82) is 0 Å². The number of sulfone groups is 1. The highest BCUT2D eigenvalue weighted by atomic mass is 32.2. The van der Waals surface area contributed by atoms with Crippen LogP contribution in [0.25, 0.3) is 0 Å². The maximum atomic E-state index is 14.2. The fourth-order valence-corrected chi connectivity index (χ4v) is 5.34. The number of nitrogens with zero attached hydrogens (tertiary/aromatic N) is 1. The zero-order valence-electron chi connectivity index (χ0n) is 12.6. The van der Waals surface area contributed by atoms with E-state index < -0.39 is 15.3 Å². The molecule has 1 atom stereocenters. The molecule has 0 radical (unpaired) electrons. The van der Waals surface area contributed by atoms with Crippen molar-refractivity contribution < 1.29 is 17.6 Å². The second-order valence-corrected chi connectivity index (χ2v) is 8.62. The first-order valence-electron chi connectivity index (χ1n) is 7.58. The van der Waals surface area contributed by atoms with Crippen LogP contribution in [0, 0.1) is 5.82 Å². The summed E-state index contributed by atoms with van der Waals surface area (Å²) >= 11 is 0. The Morgan fingerprint density at radius 1 is 1.32 bits per heavy atom. The summed E-state index contributed by atoms with van der Waals surface area (Å²) in [4.78, 5) is 14.5. The average molecular weight is 325 g/mol. The number of amides is 1. The second-order valence-electron chi connectivity index (χ2n) is 6.39. The lowest BCUT2D eigenvalue weighted by molar-refractivity contribution is -0.141. The highest BCUT2D eigenvalue weighted by Crippen LogP contribution is 2.46. The van der Waals surface area contributed by atoms with Crippen molar-refractivity contribution in [3.63, 3.8) is 0 Å². The molecule has 22 heavy (non-hydrogen) atoms. The predicted octanol–water partition coefficient (Wildman–Crippen LogP) is 1.89. The predicted molar refractivity (Wildman–Crippen MR) is 81.8 cm³/mol. The molecule has 0 spiro atoms. The van der Waals surface area contributed by atoms with Gasteiger partial charge in [-0.05, 0) is 25.3 Å². The monoisotopic (exact) mass is 325 g/mol. The Hall–Kier alpha value is -1.43. The maximum Gasteiger partial charge on any atom is 0.233 e. The van der Waals surface area contributed by atoms with Crippen LogP contribution in [-0.4, -0.2) is 43.8 Å². The van der Waals surface area contributed by atoms with Gasteiger partial charge in [0.15, 0.2) is 9.84 Å². The molecule has 1 amide bonds. The van der Waals surface area contributed by atoms with E-state index in [-0.39, 0.29) is 29.3 Å². The van der Waals surface area contributed by atoms with Gasteiger partial charge < -0.3 is 4.90 Å². The van der Waals surface area contributed by atoms with Gasteiger partial charge in [0.1, 0.15) is 5.82 Å². The Morgan fingerprint density at radius 3 is 2.50 bits per heavy atom. The summed E-state index contributed by atoms with van der Waals surface area (Å²) in [6.45, 7) is 0. The van der Waals surface area contributed by atoms with Crippen LogP contribution in [0.5, 0.6) is 0 Å². The molecular formula is C16H20FNO3S. The van der Waals surface area contributed by atoms with Crippen molar-refractivity contribution in [2.24, 2.45) is 0 Å². The average Bonchev–Trinajstić information content (AvgIpc) is 2.79. The van der Waals surface area contributed by atoms with Gasteiger partial charge in [0.05, 0.1) is 16.9 Å². The van der Waals surface area contributed by atoms with E-state index in [1.807, 2.05) is 0 Å². The molecule has 0 aromatic heterocycles. The second kappa shape index (κ2) is 5.33. The zero-order chi connectivity index (χ0) is 16.0. The molecule has 1 aromatic rings. The van der Waals surface area contributed by atoms with Crippen molar-refractivity contribution in [1.82, 2.24) is 4.90 Å².